The number of nitrogens with one attached hydrogen (secondary N) is 3. The van der Waals surface area contributed by atoms with E-state index in [1.807, 2.05) is 20.8 Å². The summed E-state index contributed by atoms with van der Waals surface area (Å²) in [5.74, 6) is -0.620. The number of carbonyl (C=O) groups is 1. The number of amides is 1. The number of H-pyrrole nitrogens is 1. The van der Waals surface area contributed by atoms with E-state index in [4.69, 9.17) is 16.3 Å². The predicted octanol–water partition coefficient (Wildman–Crippen LogP) is 3.13. The molecule has 26 heavy (non-hydrogen) atoms. The lowest BCUT2D eigenvalue weighted by Crippen LogP contribution is -2.40. The van der Waals surface area contributed by atoms with Crippen LogP contribution in [0.4, 0.5) is 10.2 Å². The van der Waals surface area contributed by atoms with E-state index >= 15 is 0 Å². The molecule has 1 amide bonds. The van der Waals surface area contributed by atoms with E-state index in [2.05, 4.69) is 25.8 Å². The van der Waals surface area contributed by atoms with Gasteiger partial charge in [0.2, 0.25) is 5.96 Å². The molecule has 7 nitrogen and oxygen atoms in total. The molecule has 1 heterocycles. The number of aliphatic imine (C=N–C) groups is 1. The van der Waals surface area contributed by atoms with Crippen LogP contribution in [-0.2, 0) is 4.74 Å². The number of aryl methyl sites for hydroxylation is 1. The van der Waals surface area contributed by atoms with Gasteiger partial charge < -0.3 is 15.4 Å². The Morgan fingerprint density at radius 2 is 2.23 bits per heavy atom. The van der Waals surface area contributed by atoms with Crippen LogP contribution in [0.3, 0.4) is 0 Å². The van der Waals surface area contributed by atoms with Crippen molar-refractivity contribution in [2.45, 2.75) is 26.8 Å². The van der Waals surface area contributed by atoms with Crippen molar-refractivity contribution >= 4 is 29.3 Å². The summed E-state index contributed by atoms with van der Waals surface area (Å²) in [6.45, 7) is 6.63. The highest BCUT2D eigenvalue weighted by Crippen LogP contribution is 2.16. The lowest BCUT2D eigenvalue weighted by Gasteiger charge is -2.17. The average molecular weight is 382 g/mol. The second kappa shape index (κ2) is 9.30. The molecule has 0 aliphatic rings. The van der Waals surface area contributed by atoms with Crippen molar-refractivity contribution in [3.05, 3.63) is 46.4 Å². The number of benzene rings is 1. The Balaban J connectivity index is 2.20. The molecule has 1 atom stereocenters. The van der Waals surface area contributed by atoms with Gasteiger partial charge in [0.1, 0.15) is 5.82 Å². The van der Waals surface area contributed by atoms with Crippen LogP contribution in [0.15, 0.2) is 29.3 Å². The van der Waals surface area contributed by atoms with Gasteiger partial charge in [-0.3, -0.25) is 9.89 Å². The minimum Gasteiger partial charge on any atom is -0.380 e. The predicted molar refractivity (Wildman–Crippen MR) is 99.2 cm³/mol. The number of anilines is 1. The van der Waals surface area contributed by atoms with Crippen LogP contribution < -0.4 is 10.6 Å². The Morgan fingerprint density at radius 3 is 2.85 bits per heavy atom. The molecular weight excluding hydrogens is 361 g/mol. The molecule has 0 bridgehead atoms. The van der Waals surface area contributed by atoms with Gasteiger partial charge in [0.15, 0.2) is 5.82 Å². The summed E-state index contributed by atoms with van der Waals surface area (Å²) in [4.78, 5) is 16.4. The first-order chi connectivity index (χ1) is 12.4. The number of hydrogen-bond donors (Lipinski definition) is 3. The molecule has 0 saturated carbocycles. The number of aromatic nitrogens is 2. The number of halogens is 2. The highest BCUT2D eigenvalue weighted by Gasteiger charge is 2.13. The zero-order valence-corrected chi connectivity index (χ0v) is 15.5. The van der Waals surface area contributed by atoms with Crippen molar-refractivity contribution in [3.8, 4) is 0 Å². The van der Waals surface area contributed by atoms with Gasteiger partial charge in [-0.1, -0.05) is 11.6 Å². The summed E-state index contributed by atoms with van der Waals surface area (Å²) in [5.41, 5.74) is 0.934. The Hall–Kier alpha value is -2.45. The summed E-state index contributed by atoms with van der Waals surface area (Å²) in [6, 6.07) is 5.42. The number of rotatable bonds is 6. The van der Waals surface area contributed by atoms with Gasteiger partial charge in [-0.05, 0) is 39.0 Å². The molecule has 140 valence electrons. The Kier molecular flexibility index (Phi) is 7.11. The van der Waals surface area contributed by atoms with Gasteiger partial charge in [0, 0.05) is 30.0 Å². The van der Waals surface area contributed by atoms with Crippen LogP contribution in [-0.4, -0.2) is 41.3 Å². The second-order valence-electron chi connectivity index (χ2n) is 5.66. The fourth-order valence-corrected chi connectivity index (χ4v) is 2.18. The maximum atomic E-state index is 13.6. The molecule has 0 unspecified atom stereocenters. The molecule has 0 spiro atoms. The molecule has 0 radical (unpaired) electrons. The van der Waals surface area contributed by atoms with Crippen LogP contribution in [0.1, 0.15) is 29.9 Å². The van der Waals surface area contributed by atoms with E-state index < -0.39 is 11.7 Å². The third-order valence-corrected chi connectivity index (χ3v) is 3.59. The van der Waals surface area contributed by atoms with Crippen LogP contribution in [0.5, 0.6) is 0 Å². The van der Waals surface area contributed by atoms with Crippen molar-refractivity contribution in [3.63, 3.8) is 0 Å². The molecule has 0 aliphatic heterocycles. The normalized spacial score (nSPS) is 12.7. The molecule has 0 aliphatic carbocycles. The first-order valence-corrected chi connectivity index (χ1v) is 8.48. The standard InChI is InChI=1S/C17H21ClFN5O2/c1-4-26-9-11(3)20-17(21-15-7-10(2)23-24-15)22-16(25)12-5-6-13(18)14(19)8-12/h5-8,11H,4,9H2,1-3H3,(H3,20,21,22,23,24,25)/t11-/m0/s1. The minimum atomic E-state index is -0.678. The van der Waals surface area contributed by atoms with Crippen molar-refractivity contribution < 1.29 is 13.9 Å². The van der Waals surface area contributed by atoms with E-state index in [0.717, 1.165) is 11.8 Å². The molecule has 3 N–H and O–H groups in total. The zero-order valence-electron chi connectivity index (χ0n) is 14.8. The zero-order chi connectivity index (χ0) is 19.1. The molecular formula is C17H21ClFN5O2. The van der Waals surface area contributed by atoms with E-state index in [1.54, 1.807) is 6.07 Å². The first-order valence-electron chi connectivity index (χ1n) is 8.10. The lowest BCUT2D eigenvalue weighted by atomic mass is 10.2. The Morgan fingerprint density at radius 1 is 1.46 bits per heavy atom. The first kappa shape index (κ1) is 19.9. The molecule has 2 aromatic rings. The smallest absolute Gasteiger partial charge is 0.280 e. The van der Waals surface area contributed by atoms with Crippen LogP contribution in [0.25, 0.3) is 0 Å². The summed E-state index contributed by atoms with van der Waals surface area (Å²) in [7, 11) is 0. The number of hydrogen-bond acceptors (Lipinski definition) is 3. The Bertz CT molecular complexity index is 793. The van der Waals surface area contributed by atoms with Gasteiger partial charge in [-0.15, -0.1) is 0 Å². The third kappa shape index (κ3) is 5.82. The van der Waals surface area contributed by atoms with Gasteiger partial charge in [0.25, 0.3) is 5.91 Å². The van der Waals surface area contributed by atoms with E-state index in [1.165, 1.54) is 12.1 Å². The fourth-order valence-electron chi connectivity index (χ4n) is 2.06. The topological polar surface area (TPSA) is 91.4 Å². The van der Waals surface area contributed by atoms with E-state index in [9.17, 15) is 9.18 Å². The molecule has 0 saturated heterocycles. The highest BCUT2D eigenvalue weighted by molar-refractivity contribution is 6.30. The second-order valence-corrected chi connectivity index (χ2v) is 6.07. The van der Waals surface area contributed by atoms with Gasteiger partial charge in [-0.25, -0.2) is 4.39 Å². The SMILES string of the molecule is CCOC[C@H](C)N/C(=N/C(=O)c1ccc(Cl)c(F)c1)Nc1cc(C)[nH]n1. The highest BCUT2D eigenvalue weighted by atomic mass is 35.5. The lowest BCUT2D eigenvalue weighted by molar-refractivity contribution is 0.100. The number of ether oxygens (including phenoxy) is 1. The van der Waals surface area contributed by atoms with Crippen LogP contribution >= 0.6 is 11.6 Å². The molecule has 1 aromatic carbocycles. The number of aromatic amines is 1. The monoisotopic (exact) mass is 381 g/mol. The minimum absolute atomic E-state index is 0.0562. The van der Waals surface area contributed by atoms with Crippen molar-refractivity contribution in [2.75, 3.05) is 18.5 Å². The molecule has 0 fully saturated rings. The summed E-state index contributed by atoms with van der Waals surface area (Å²) >= 11 is 5.65. The number of nitrogens with zero attached hydrogens (tertiary/aromatic N) is 2. The van der Waals surface area contributed by atoms with Gasteiger partial charge in [-0.2, -0.15) is 10.1 Å². The fraction of sp³-hybridized carbons (Fsp3) is 0.353. The Labute approximate surface area is 156 Å². The van der Waals surface area contributed by atoms with Crippen molar-refractivity contribution in [2.24, 2.45) is 4.99 Å². The molecule has 9 heteroatoms. The largest absolute Gasteiger partial charge is 0.380 e. The van der Waals surface area contributed by atoms with E-state index in [0.29, 0.717) is 19.0 Å². The summed E-state index contributed by atoms with van der Waals surface area (Å²) < 4.78 is 18.9. The van der Waals surface area contributed by atoms with Crippen molar-refractivity contribution in [1.82, 2.24) is 15.5 Å². The summed E-state index contributed by atoms with van der Waals surface area (Å²) in [6.07, 6.45) is 0. The number of carbonyl (C=O) groups excluding carboxylic acids is 1. The molecule has 2 rings (SSSR count). The van der Waals surface area contributed by atoms with E-state index in [-0.39, 0.29) is 22.6 Å². The quantitative estimate of drug-likeness (QED) is 0.528. The van der Waals surface area contributed by atoms with Crippen LogP contribution in [0.2, 0.25) is 5.02 Å². The van der Waals surface area contributed by atoms with Gasteiger partial charge >= 0.3 is 0 Å². The van der Waals surface area contributed by atoms with Crippen molar-refractivity contribution in [1.29, 1.82) is 0 Å². The maximum Gasteiger partial charge on any atom is 0.280 e. The summed E-state index contributed by atoms with van der Waals surface area (Å²) in [5, 5.41) is 12.8. The average Bonchev–Trinajstić information content (AvgIpc) is 3.00. The molecule has 1 aromatic heterocycles. The van der Waals surface area contributed by atoms with Crippen LogP contribution in [0, 0.1) is 12.7 Å². The van der Waals surface area contributed by atoms with Gasteiger partial charge in [0.05, 0.1) is 11.6 Å². The third-order valence-electron chi connectivity index (χ3n) is 3.29. The maximum absolute atomic E-state index is 13.6. The number of guanidine groups is 1.